The summed E-state index contributed by atoms with van der Waals surface area (Å²) in [5.74, 6) is -2.92. The number of anilines is 4. The van der Waals surface area contributed by atoms with Crippen molar-refractivity contribution in [2.75, 3.05) is 48.8 Å². The Bertz CT molecular complexity index is 1860. The number of aliphatic hydroxyl groups is 1. The van der Waals surface area contributed by atoms with Gasteiger partial charge in [0.2, 0.25) is 11.9 Å². The molecule has 0 spiro atoms. The van der Waals surface area contributed by atoms with Gasteiger partial charge in [0, 0.05) is 41.6 Å². The van der Waals surface area contributed by atoms with Crippen molar-refractivity contribution in [2.45, 2.75) is 31.0 Å². The normalized spacial score (nSPS) is 13.1. The molecule has 5 rings (SSSR count). The van der Waals surface area contributed by atoms with E-state index >= 15 is 0 Å². The van der Waals surface area contributed by atoms with E-state index in [4.69, 9.17) is 16.3 Å². The van der Waals surface area contributed by atoms with E-state index in [1.807, 2.05) is 12.1 Å². The lowest BCUT2D eigenvalue weighted by atomic mass is 10.1. The molecule has 1 saturated carbocycles. The molecule has 52 heavy (non-hydrogen) atoms. The van der Waals surface area contributed by atoms with Crippen molar-refractivity contribution in [2.24, 2.45) is 0 Å². The Morgan fingerprint density at radius 2 is 1.54 bits per heavy atom. The molecule has 1 aliphatic rings. The van der Waals surface area contributed by atoms with Crippen molar-refractivity contribution < 1.29 is 41.8 Å². The van der Waals surface area contributed by atoms with E-state index in [1.165, 1.54) is 24.3 Å². The Balaban J connectivity index is 1.16. The van der Waals surface area contributed by atoms with Crippen LogP contribution in [0.3, 0.4) is 0 Å². The van der Waals surface area contributed by atoms with Gasteiger partial charge in [0.25, 0.3) is 5.91 Å². The van der Waals surface area contributed by atoms with Crippen LogP contribution in [-0.2, 0) is 15.1 Å². The standard InChI is InChI=1S/C34H33ClF4N8O5/c35-23-6-4-22(5-7-23)33(14-15-33)46-31-43-30(44-32(45-31)52-20-34(37,38)39)42-26-10-2-21(3-11-26)27(49)40-16-1-17-47(18-19-48)29(51)28(50)41-25-12-8-24(36)9-13-25/h2-13,48H,1,14-20H2,(H,40,49)(H,41,50)(H2,42,43,44,45,46). The first kappa shape index (κ1) is 37.7. The molecule has 0 radical (unpaired) electrons. The summed E-state index contributed by atoms with van der Waals surface area (Å²) in [6, 6.07) is 17.6. The van der Waals surface area contributed by atoms with Crippen molar-refractivity contribution >= 4 is 52.6 Å². The van der Waals surface area contributed by atoms with Crippen molar-refractivity contribution in [1.82, 2.24) is 25.2 Å². The maximum absolute atomic E-state index is 13.1. The van der Waals surface area contributed by atoms with Crippen LogP contribution in [0.15, 0.2) is 72.8 Å². The zero-order valence-electron chi connectivity index (χ0n) is 27.3. The highest BCUT2D eigenvalue weighted by atomic mass is 35.5. The van der Waals surface area contributed by atoms with E-state index < -0.39 is 54.5 Å². The van der Waals surface area contributed by atoms with Gasteiger partial charge in [0.15, 0.2) is 6.61 Å². The molecule has 0 bridgehead atoms. The molecule has 3 amide bonds. The summed E-state index contributed by atoms with van der Waals surface area (Å²) in [5.41, 5.74) is 1.28. The van der Waals surface area contributed by atoms with Crippen LogP contribution in [0.25, 0.3) is 0 Å². The summed E-state index contributed by atoms with van der Waals surface area (Å²) in [7, 11) is 0. The smallest absolute Gasteiger partial charge is 0.422 e. The largest absolute Gasteiger partial charge is 0.454 e. The number of aromatic nitrogens is 3. The molecule has 0 aliphatic heterocycles. The fourth-order valence-electron chi connectivity index (χ4n) is 4.98. The summed E-state index contributed by atoms with van der Waals surface area (Å²) in [6.45, 7) is -1.93. The Morgan fingerprint density at radius 3 is 2.17 bits per heavy atom. The van der Waals surface area contributed by atoms with Gasteiger partial charge in [0.05, 0.1) is 12.1 Å². The molecule has 274 valence electrons. The number of carbonyl (C=O) groups excluding carboxylic acids is 3. The molecule has 13 nitrogen and oxygen atoms in total. The lowest BCUT2D eigenvalue weighted by molar-refractivity contribution is -0.154. The van der Waals surface area contributed by atoms with Gasteiger partial charge in [-0.1, -0.05) is 23.7 Å². The lowest BCUT2D eigenvalue weighted by Gasteiger charge is -2.21. The number of rotatable bonds is 15. The van der Waals surface area contributed by atoms with Gasteiger partial charge in [-0.05, 0) is 85.5 Å². The van der Waals surface area contributed by atoms with Crippen LogP contribution < -0.4 is 26.0 Å². The maximum Gasteiger partial charge on any atom is 0.422 e. The highest BCUT2D eigenvalue weighted by molar-refractivity contribution is 6.39. The molecule has 4 aromatic rings. The van der Waals surface area contributed by atoms with Gasteiger partial charge in [-0.3, -0.25) is 14.4 Å². The number of amides is 3. The third-order valence-electron chi connectivity index (χ3n) is 7.72. The number of alkyl halides is 3. The van der Waals surface area contributed by atoms with Crippen LogP contribution in [-0.4, -0.2) is 81.7 Å². The third-order valence-corrected chi connectivity index (χ3v) is 7.98. The number of halogens is 5. The molecule has 5 N–H and O–H groups in total. The molecule has 18 heteroatoms. The number of carbonyl (C=O) groups is 3. The van der Waals surface area contributed by atoms with Gasteiger partial charge >= 0.3 is 24.0 Å². The van der Waals surface area contributed by atoms with Gasteiger partial charge in [-0.15, -0.1) is 0 Å². The second-order valence-corrected chi connectivity index (χ2v) is 12.1. The monoisotopic (exact) mass is 744 g/mol. The fraction of sp³-hybridized carbons (Fsp3) is 0.294. The number of ether oxygens (including phenoxy) is 1. The summed E-state index contributed by atoms with van der Waals surface area (Å²) in [5, 5.41) is 21.1. The number of benzene rings is 3. The predicted molar refractivity (Wildman–Crippen MR) is 183 cm³/mol. The minimum atomic E-state index is -4.62. The van der Waals surface area contributed by atoms with Crippen LogP contribution in [0.4, 0.5) is 40.8 Å². The Hall–Kier alpha value is -5.55. The topological polar surface area (TPSA) is 171 Å². The SMILES string of the molecule is O=C(Nc1ccc(F)cc1)C(=O)N(CCO)CCCNC(=O)c1ccc(Nc2nc(NC3(c4ccc(Cl)cc4)CC3)nc(OCC(F)(F)F)n2)cc1. The summed E-state index contributed by atoms with van der Waals surface area (Å²) in [4.78, 5) is 51.3. The molecular formula is C34H33ClF4N8O5. The van der Waals surface area contributed by atoms with Crippen molar-refractivity contribution in [3.63, 3.8) is 0 Å². The third kappa shape index (κ3) is 10.7. The van der Waals surface area contributed by atoms with E-state index in [0.717, 1.165) is 35.4 Å². The Morgan fingerprint density at radius 1 is 0.885 bits per heavy atom. The second-order valence-electron chi connectivity index (χ2n) is 11.7. The number of hydrogen-bond donors (Lipinski definition) is 5. The van der Waals surface area contributed by atoms with E-state index in [-0.39, 0.29) is 49.2 Å². The van der Waals surface area contributed by atoms with E-state index in [0.29, 0.717) is 10.7 Å². The molecule has 1 aliphatic carbocycles. The summed E-state index contributed by atoms with van der Waals surface area (Å²) >= 11 is 6.02. The van der Waals surface area contributed by atoms with Gasteiger partial charge in [-0.25, -0.2) is 4.39 Å². The number of aliphatic hydroxyl groups excluding tert-OH is 1. The van der Waals surface area contributed by atoms with Gasteiger partial charge in [0.1, 0.15) is 5.82 Å². The van der Waals surface area contributed by atoms with Gasteiger partial charge in [-0.2, -0.15) is 28.1 Å². The molecular weight excluding hydrogens is 712 g/mol. The van der Waals surface area contributed by atoms with Crippen molar-refractivity contribution in [3.05, 3.63) is 94.8 Å². The minimum Gasteiger partial charge on any atom is -0.454 e. The van der Waals surface area contributed by atoms with Crippen LogP contribution in [0.1, 0.15) is 35.2 Å². The highest BCUT2D eigenvalue weighted by Gasteiger charge is 2.45. The van der Waals surface area contributed by atoms with E-state index in [1.54, 1.807) is 24.3 Å². The average molecular weight is 745 g/mol. The first-order valence-corrected chi connectivity index (χ1v) is 16.3. The quantitative estimate of drug-likeness (QED) is 0.0632. The Labute approximate surface area is 299 Å². The molecule has 0 atom stereocenters. The zero-order valence-corrected chi connectivity index (χ0v) is 28.1. The number of hydrogen-bond acceptors (Lipinski definition) is 10. The summed E-state index contributed by atoms with van der Waals surface area (Å²) < 4.78 is 56.7. The highest BCUT2D eigenvalue weighted by Crippen LogP contribution is 2.48. The first-order valence-electron chi connectivity index (χ1n) is 15.9. The van der Waals surface area contributed by atoms with Crippen LogP contribution in [0.5, 0.6) is 6.01 Å². The molecule has 0 saturated heterocycles. The molecule has 1 fully saturated rings. The first-order chi connectivity index (χ1) is 24.8. The van der Waals surface area contributed by atoms with Crippen LogP contribution in [0.2, 0.25) is 5.02 Å². The van der Waals surface area contributed by atoms with E-state index in [9.17, 15) is 37.1 Å². The molecule has 1 aromatic heterocycles. The van der Waals surface area contributed by atoms with Crippen LogP contribution in [0, 0.1) is 5.82 Å². The van der Waals surface area contributed by atoms with Crippen molar-refractivity contribution in [1.29, 1.82) is 0 Å². The fourth-order valence-corrected chi connectivity index (χ4v) is 5.10. The summed E-state index contributed by atoms with van der Waals surface area (Å²) in [6.07, 6.45) is -2.92. The molecule has 1 heterocycles. The minimum absolute atomic E-state index is 0.00844. The maximum atomic E-state index is 13.1. The Kier molecular flexibility index (Phi) is 12.1. The predicted octanol–water partition coefficient (Wildman–Crippen LogP) is 5.03. The lowest BCUT2D eigenvalue weighted by Crippen LogP contribution is -2.42. The van der Waals surface area contributed by atoms with Crippen molar-refractivity contribution in [3.8, 4) is 6.01 Å². The molecule has 3 aromatic carbocycles. The van der Waals surface area contributed by atoms with E-state index in [2.05, 4.69) is 36.2 Å². The average Bonchev–Trinajstić information content (AvgIpc) is 3.89. The zero-order chi connectivity index (χ0) is 37.3. The van der Waals surface area contributed by atoms with Crippen LogP contribution >= 0.6 is 11.6 Å². The van der Waals surface area contributed by atoms with Gasteiger partial charge < -0.3 is 36.0 Å². The number of nitrogens with zero attached hydrogens (tertiary/aromatic N) is 4. The molecule has 0 unspecified atom stereocenters. The second kappa shape index (κ2) is 16.6. The number of nitrogens with one attached hydrogen (secondary N) is 4.